The molecule has 1 atom stereocenters. The van der Waals surface area contributed by atoms with Crippen LogP contribution in [0, 0.1) is 5.92 Å². The van der Waals surface area contributed by atoms with Gasteiger partial charge in [0.15, 0.2) is 5.82 Å². The van der Waals surface area contributed by atoms with Crippen molar-refractivity contribution in [2.45, 2.75) is 58.1 Å². The molecule has 20 heavy (non-hydrogen) atoms. The topological polar surface area (TPSA) is 47.0 Å². The van der Waals surface area contributed by atoms with Gasteiger partial charge < -0.3 is 10.1 Å². The highest BCUT2D eigenvalue weighted by Crippen LogP contribution is 2.34. The maximum Gasteiger partial charge on any atom is 0.157 e. The second-order valence-corrected chi connectivity index (χ2v) is 5.68. The largest absolute Gasteiger partial charge is 0.373 e. The van der Waals surface area contributed by atoms with Crippen molar-refractivity contribution in [2.75, 3.05) is 13.7 Å². The summed E-state index contributed by atoms with van der Waals surface area (Å²) in [6.45, 7) is 4.04. The first kappa shape index (κ1) is 15.4. The van der Waals surface area contributed by atoms with Crippen molar-refractivity contribution in [3.05, 3.63) is 23.8 Å². The van der Waals surface area contributed by atoms with E-state index in [1.54, 1.807) is 7.11 Å². The van der Waals surface area contributed by atoms with Crippen LogP contribution in [-0.4, -0.2) is 23.6 Å². The third-order valence-corrected chi connectivity index (χ3v) is 4.07. The van der Waals surface area contributed by atoms with Gasteiger partial charge in [-0.3, -0.25) is 0 Å². The van der Waals surface area contributed by atoms with Gasteiger partial charge >= 0.3 is 0 Å². The summed E-state index contributed by atoms with van der Waals surface area (Å²) < 4.78 is 5.67. The zero-order valence-corrected chi connectivity index (χ0v) is 12.8. The molecule has 112 valence electrons. The maximum absolute atomic E-state index is 5.67. The fourth-order valence-corrected chi connectivity index (χ4v) is 2.96. The van der Waals surface area contributed by atoms with Gasteiger partial charge in [0.05, 0.1) is 0 Å². The predicted octanol–water partition coefficient (Wildman–Crippen LogP) is 3.24. The smallest absolute Gasteiger partial charge is 0.157 e. The Kier molecular flexibility index (Phi) is 6.40. The summed E-state index contributed by atoms with van der Waals surface area (Å²) in [5, 5.41) is 3.37. The van der Waals surface area contributed by atoms with E-state index < -0.39 is 0 Å². The zero-order valence-electron chi connectivity index (χ0n) is 12.8. The van der Waals surface area contributed by atoms with Crippen molar-refractivity contribution in [2.24, 2.45) is 5.92 Å². The number of aromatic nitrogens is 2. The molecule has 1 aromatic heterocycles. The fourth-order valence-electron chi connectivity index (χ4n) is 2.96. The van der Waals surface area contributed by atoms with Crippen molar-refractivity contribution < 1.29 is 4.74 Å². The second kappa shape index (κ2) is 8.32. The van der Waals surface area contributed by atoms with Gasteiger partial charge in [-0.25, -0.2) is 9.97 Å². The van der Waals surface area contributed by atoms with Crippen molar-refractivity contribution in [1.29, 1.82) is 0 Å². The number of rotatable bonds is 7. The normalized spacial score (nSPS) is 18.1. The third kappa shape index (κ3) is 4.25. The molecule has 1 N–H and O–H groups in total. The number of nitrogens with zero attached hydrogens (tertiary/aromatic N) is 2. The molecule has 0 spiro atoms. The summed E-state index contributed by atoms with van der Waals surface area (Å²) in [6.07, 6.45) is 11.5. The van der Waals surface area contributed by atoms with Crippen LogP contribution in [0.1, 0.15) is 62.9 Å². The van der Waals surface area contributed by atoms with Crippen LogP contribution in [0.25, 0.3) is 0 Å². The molecule has 1 fully saturated rings. The van der Waals surface area contributed by atoms with Crippen molar-refractivity contribution >= 4 is 0 Å². The molecule has 0 saturated heterocycles. The van der Waals surface area contributed by atoms with Crippen LogP contribution >= 0.6 is 0 Å². The first-order valence-corrected chi connectivity index (χ1v) is 7.89. The Labute approximate surface area is 122 Å². The predicted molar refractivity (Wildman–Crippen MR) is 80.4 cm³/mol. The molecule has 1 aliphatic carbocycles. The Balaban J connectivity index is 1.95. The van der Waals surface area contributed by atoms with Crippen LogP contribution in [0.5, 0.6) is 0 Å². The molecule has 1 saturated carbocycles. The lowest BCUT2D eigenvalue weighted by Gasteiger charge is -2.28. The lowest BCUT2D eigenvalue weighted by molar-refractivity contribution is 0.0288. The van der Waals surface area contributed by atoms with Crippen LogP contribution in [-0.2, 0) is 11.3 Å². The number of ether oxygens (including phenoxy) is 1. The van der Waals surface area contributed by atoms with Gasteiger partial charge in [-0.05, 0) is 31.7 Å². The maximum atomic E-state index is 5.67. The highest BCUT2D eigenvalue weighted by molar-refractivity contribution is 5.07. The van der Waals surface area contributed by atoms with E-state index >= 15 is 0 Å². The minimum Gasteiger partial charge on any atom is -0.373 e. The van der Waals surface area contributed by atoms with Gasteiger partial charge in [0.25, 0.3) is 0 Å². The summed E-state index contributed by atoms with van der Waals surface area (Å²) >= 11 is 0. The SMILES string of the molecule is CCCNCc1cnc(C(OC)C2CCCCC2)nc1. The summed E-state index contributed by atoms with van der Waals surface area (Å²) in [6, 6.07) is 0. The second-order valence-electron chi connectivity index (χ2n) is 5.68. The molecule has 0 radical (unpaired) electrons. The van der Waals surface area contributed by atoms with E-state index in [2.05, 4.69) is 22.2 Å². The van der Waals surface area contributed by atoms with Gasteiger partial charge in [0.1, 0.15) is 6.10 Å². The summed E-state index contributed by atoms with van der Waals surface area (Å²) in [4.78, 5) is 9.06. The third-order valence-electron chi connectivity index (χ3n) is 4.07. The molecule has 1 aliphatic rings. The molecule has 0 aliphatic heterocycles. The van der Waals surface area contributed by atoms with Crippen LogP contribution in [0.3, 0.4) is 0 Å². The number of nitrogens with one attached hydrogen (secondary N) is 1. The van der Waals surface area contributed by atoms with Crippen molar-refractivity contribution in [3.8, 4) is 0 Å². The first-order valence-electron chi connectivity index (χ1n) is 7.89. The highest BCUT2D eigenvalue weighted by atomic mass is 16.5. The van der Waals surface area contributed by atoms with Gasteiger partial charge in [-0.1, -0.05) is 26.2 Å². The van der Waals surface area contributed by atoms with Crippen LogP contribution in [0.4, 0.5) is 0 Å². The molecule has 1 unspecified atom stereocenters. The highest BCUT2D eigenvalue weighted by Gasteiger charge is 2.26. The standard InChI is InChI=1S/C16H27N3O/c1-3-9-17-10-13-11-18-16(19-12-13)15(20-2)14-7-5-4-6-8-14/h11-12,14-15,17H,3-10H2,1-2H3. The molecular weight excluding hydrogens is 250 g/mol. The lowest BCUT2D eigenvalue weighted by atomic mass is 9.85. The summed E-state index contributed by atoms with van der Waals surface area (Å²) in [5.74, 6) is 1.43. The number of hydrogen-bond donors (Lipinski definition) is 1. The molecule has 0 amide bonds. The Morgan fingerprint density at radius 1 is 1.25 bits per heavy atom. The molecule has 0 aromatic carbocycles. The van der Waals surface area contributed by atoms with Gasteiger partial charge in [0, 0.05) is 31.6 Å². The van der Waals surface area contributed by atoms with E-state index in [0.717, 1.165) is 30.9 Å². The molecule has 4 heteroatoms. The Hall–Kier alpha value is -1.00. The number of hydrogen-bond acceptors (Lipinski definition) is 4. The Morgan fingerprint density at radius 3 is 2.55 bits per heavy atom. The van der Waals surface area contributed by atoms with E-state index in [9.17, 15) is 0 Å². The van der Waals surface area contributed by atoms with E-state index in [4.69, 9.17) is 4.74 Å². The summed E-state index contributed by atoms with van der Waals surface area (Å²) in [5.41, 5.74) is 1.14. The van der Waals surface area contributed by atoms with Crippen LogP contribution in [0.15, 0.2) is 12.4 Å². The molecule has 0 bridgehead atoms. The molecular formula is C16H27N3O. The Bertz CT molecular complexity index is 374. The summed E-state index contributed by atoms with van der Waals surface area (Å²) in [7, 11) is 1.78. The Morgan fingerprint density at radius 2 is 1.95 bits per heavy atom. The van der Waals surface area contributed by atoms with Crippen LogP contribution < -0.4 is 5.32 Å². The average molecular weight is 277 g/mol. The fraction of sp³-hybridized carbons (Fsp3) is 0.750. The minimum absolute atomic E-state index is 0.0629. The quantitative estimate of drug-likeness (QED) is 0.777. The van der Waals surface area contributed by atoms with Crippen LogP contribution in [0.2, 0.25) is 0 Å². The van der Waals surface area contributed by atoms with Gasteiger partial charge in [0.2, 0.25) is 0 Å². The van der Waals surface area contributed by atoms with E-state index in [1.165, 1.54) is 32.1 Å². The van der Waals surface area contributed by atoms with Crippen molar-refractivity contribution in [3.63, 3.8) is 0 Å². The van der Waals surface area contributed by atoms with Crippen molar-refractivity contribution in [1.82, 2.24) is 15.3 Å². The van der Waals surface area contributed by atoms with E-state index in [0.29, 0.717) is 5.92 Å². The monoisotopic (exact) mass is 277 g/mol. The van der Waals surface area contributed by atoms with E-state index in [1.807, 2.05) is 12.4 Å². The molecule has 2 rings (SSSR count). The minimum atomic E-state index is 0.0629. The van der Waals surface area contributed by atoms with Gasteiger partial charge in [-0.15, -0.1) is 0 Å². The molecule has 4 nitrogen and oxygen atoms in total. The number of methoxy groups -OCH3 is 1. The van der Waals surface area contributed by atoms with Gasteiger partial charge in [-0.2, -0.15) is 0 Å². The average Bonchev–Trinajstić information content (AvgIpc) is 2.51. The molecule has 1 aromatic rings. The molecule has 1 heterocycles. The zero-order chi connectivity index (χ0) is 14.2. The van der Waals surface area contributed by atoms with E-state index in [-0.39, 0.29) is 6.10 Å². The lowest BCUT2D eigenvalue weighted by Crippen LogP contribution is -2.20. The first-order chi connectivity index (χ1) is 9.85.